The summed E-state index contributed by atoms with van der Waals surface area (Å²) in [6, 6.07) is 2.19. The summed E-state index contributed by atoms with van der Waals surface area (Å²) in [5.74, 6) is 0. The highest BCUT2D eigenvalue weighted by molar-refractivity contribution is 4.96. The maximum atomic E-state index is 3.57. The first-order valence-electron chi connectivity index (χ1n) is 6.50. The zero-order valence-electron chi connectivity index (χ0n) is 10.7. The van der Waals surface area contributed by atoms with Crippen molar-refractivity contribution in [3.63, 3.8) is 0 Å². The fourth-order valence-electron chi connectivity index (χ4n) is 3.41. The van der Waals surface area contributed by atoms with E-state index in [1.54, 1.807) is 0 Å². The lowest BCUT2D eigenvalue weighted by Crippen LogP contribution is -2.59. The van der Waals surface area contributed by atoms with Crippen LogP contribution in [0.15, 0.2) is 0 Å². The molecule has 0 aromatic heterocycles. The molecule has 2 heteroatoms. The first-order chi connectivity index (χ1) is 7.00. The molecule has 3 atom stereocenters. The third kappa shape index (κ3) is 2.21. The molecule has 0 spiro atoms. The molecule has 2 nitrogen and oxygen atoms in total. The molecule has 1 aliphatic carbocycles. The van der Waals surface area contributed by atoms with Gasteiger partial charge in [-0.25, -0.2) is 0 Å². The lowest BCUT2D eigenvalue weighted by Gasteiger charge is -2.46. The standard InChI is InChI=1S/C13H26N2/c1-10-9-15(11(2)8-14-10)12-6-5-7-13(12,3)4/h10-12,14H,5-9H2,1-4H3. The second-order valence-corrected chi connectivity index (χ2v) is 6.25. The van der Waals surface area contributed by atoms with Crippen LogP contribution in [0.4, 0.5) is 0 Å². The number of hydrogen-bond acceptors (Lipinski definition) is 2. The molecule has 88 valence electrons. The molecule has 0 bridgehead atoms. The van der Waals surface area contributed by atoms with Crippen LogP contribution in [0.25, 0.3) is 0 Å². The molecule has 2 aliphatic rings. The quantitative estimate of drug-likeness (QED) is 0.714. The van der Waals surface area contributed by atoms with Crippen LogP contribution in [0.5, 0.6) is 0 Å². The van der Waals surface area contributed by atoms with Crippen molar-refractivity contribution < 1.29 is 0 Å². The van der Waals surface area contributed by atoms with Crippen molar-refractivity contribution in [1.29, 1.82) is 0 Å². The smallest absolute Gasteiger partial charge is 0.0196 e. The first kappa shape index (κ1) is 11.4. The summed E-state index contributed by atoms with van der Waals surface area (Å²) >= 11 is 0. The molecule has 2 fully saturated rings. The van der Waals surface area contributed by atoms with Gasteiger partial charge in [-0.2, -0.15) is 0 Å². The molecule has 1 heterocycles. The van der Waals surface area contributed by atoms with Crippen LogP contribution in [0, 0.1) is 5.41 Å². The Morgan fingerprint density at radius 1 is 1.27 bits per heavy atom. The van der Waals surface area contributed by atoms with E-state index >= 15 is 0 Å². The van der Waals surface area contributed by atoms with Gasteiger partial charge in [0.05, 0.1) is 0 Å². The maximum absolute atomic E-state index is 3.57. The largest absolute Gasteiger partial charge is 0.311 e. The van der Waals surface area contributed by atoms with Gasteiger partial charge >= 0.3 is 0 Å². The predicted molar refractivity (Wildman–Crippen MR) is 65.1 cm³/mol. The highest BCUT2D eigenvalue weighted by atomic mass is 15.3. The molecule has 1 N–H and O–H groups in total. The SMILES string of the molecule is CC1CN(C2CCCC2(C)C)C(C)CN1. The average molecular weight is 210 g/mol. The lowest BCUT2D eigenvalue weighted by atomic mass is 9.85. The number of nitrogens with one attached hydrogen (secondary N) is 1. The zero-order valence-corrected chi connectivity index (χ0v) is 10.7. The van der Waals surface area contributed by atoms with Gasteiger partial charge in [-0.15, -0.1) is 0 Å². The molecule has 3 unspecified atom stereocenters. The van der Waals surface area contributed by atoms with Crippen LogP contribution in [0.2, 0.25) is 0 Å². The number of nitrogens with zero attached hydrogens (tertiary/aromatic N) is 1. The molecular formula is C13H26N2. The predicted octanol–water partition coefficient (Wildman–Crippen LogP) is 2.25. The number of rotatable bonds is 1. The summed E-state index contributed by atoms with van der Waals surface area (Å²) in [4.78, 5) is 2.76. The van der Waals surface area contributed by atoms with Gasteiger partial charge in [-0.3, -0.25) is 4.90 Å². The normalized spacial score (nSPS) is 42.0. The van der Waals surface area contributed by atoms with E-state index < -0.39 is 0 Å². The van der Waals surface area contributed by atoms with Gasteiger partial charge in [0.1, 0.15) is 0 Å². The Balaban J connectivity index is 2.07. The van der Waals surface area contributed by atoms with Crippen molar-refractivity contribution in [2.24, 2.45) is 5.41 Å². The lowest BCUT2D eigenvalue weighted by molar-refractivity contribution is 0.0454. The molecular weight excluding hydrogens is 184 g/mol. The maximum Gasteiger partial charge on any atom is 0.0196 e. The highest BCUT2D eigenvalue weighted by Gasteiger charge is 2.41. The molecule has 0 aromatic rings. The number of piperazine rings is 1. The minimum atomic E-state index is 0.533. The van der Waals surface area contributed by atoms with Crippen molar-refractivity contribution in [2.45, 2.75) is 65.1 Å². The van der Waals surface area contributed by atoms with Crippen molar-refractivity contribution >= 4 is 0 Å². The Morgan fingerprint density at radius 3 is 2.60 bits per heavy atom. The van der Waals surface area contributed by atoms with Gasteiger partial charge < -0.3 is 5.32 Å². The molecule has 0 aromatic carbocycles. The Bertz CT molecular complexity index is 225. The van der Waals surface area contributed by atoms with Gasteiger partial charge in [0.25, 0.3) is 0 Å². The second kappa shape index (κ2) is 4.06. The van der Waals surface area contributed by atoms with Gasteiger partial charge in [-0.1, -0.05) is 20.3 Å². The topological polar surface area (TPSA) is 15.3 Å². The second-order valence-electron chi connectivity index (χ2n) is 6.25. The van der Waals surface area contributed by atoms with Gasteiger partial charge in [0.15, 0.2) is 0 Å². The van der Waals surface area contributed by atoms with E-state index in [1.807, 2.05) is 0 Å². The van der Waals surface area contributed by atoms with Crippen LogP contribution in [-0.2, 0) is 0 Å². The highest BCUT2D eigenvalue weighted by Crippen LogP contribution is 2.41. The molecule has 2 rings (SSSR count). The van der Waals surface area contributed by atoms with Crippen LogP contribution in [0.1, 0.15) is 47.0 Å². The van der Waals surface area contributed by atoms with E-state index in [2.05, 4.69) is 37.9 Å². The van der Waals surface area contributed by atoms with Crippen LogP contribution >= 0.6 is 0 Å². The average Bonchev–Trinajstić information content (AvgIpc) is 2.50. The molecule has 0 amide bonds. The van der Waals surface area contributed by atoms with Gasteiger partial charge in [0.2, 0.25) is 0 Å². The van der Waals surface area contributed by atoms with E-state index in [0.29, 0.717) is 17.5 Å². The summed E-state index contributed by atoms with van der Waals surface area (Å²) < 4.78 is 0. The Hall–Kier alpha value is -0.0800. The summed E-state index contributed by atoms with van der Waals surface area (Å²) in [7, 11) is 0. The van der Waals surface area contributed by atoms with Gasteiger partial charge in [-0.05, 0) is 32.1 Å². The Kier molecular flexibility index (Phi) is 3.09. The van der Waals surface area contributed by atoms with Crippen molar-refractivity contribution in [2.75, 3.05) is 13.1 Å². The molecule has 1 aliphatic heterocycles. The van der Waals surface area contributed by atoms with Crippen molar-refractivity contribution in [3.05, 3.63) is 0 Å². The fourth-order valence-corrected chi connectivity index (χ4v) is 3.41. The van der Waals surface area contributed by atoms with Crippen molar-refractivity contribution in [3.8, 4) is 0 Å². The summed E-state index contributed by atoms with van der Waals surface area (Å²) in [6.07, 6.45) is 4.23. The molecule has 15 heavy (non-hydrogen) atoms. The van der Waals surface area contributed by atoms with E-state index in [0.717, 1.165) is 12.6 Å². The van der Waals surface area contributed by atoms with Crippen LogP contribution in [-0.4, -0.2) is 36.1 Å². The van der Waals surface area contributed by atoms with E-state index in [9.17, 15) is 0 Å². The minimum Gasteiger partial charge on any atom is -0.311 e. The summed E-state index contributed by atoms with van der Waals surface area (Å²) in [6.45, 7) is 12.0. The Morgan fingerprint density at radius 2 is 2.00 bits per heavy atom. The van der Waals surface area contributed by atoms with Gasteiger partial charge in [0, 0.05) is 31.2 Å². The summed E-state index contributed by atoms with van der Waals surface area (Å²) in [5, 5.41) is 3.57. The first-order valence-corrected chi connectivity index (χ1v) is 6.50. The third-order valence-corrected chi connectivity index (χ3v) is 4.41. The zero-order chi connectivity index (χ0) is 11.1. The van der Waals surface area contributed by atoms with Crippen LogP contribution < -0.4 is 5.32 Å². The minimum absolute atomic E-state index is 0.533. The van der Waals surface area contributed by atoms with Crippen LogP contribution in [0.3, 0.4) is 0 Å². The number of hydrogen-bond donors (Lipinski definition) is 1. The fraction of sp³-hybridized carbons (Fsp3) is 1.00. The third-order valence-electron chi connectivity index (χ3n) is 4.41. The monoisotopic (exact) mass is 210 g/mol. The molecule has 0 radical (unpaired) electrons. The van der Waals surface area contributed by atoms with E-state index in [4.69, 9.17) is 0 Å². The molecule has 1 saturated carbocycles. The van der Waals surface area contributed by atoms with E-state index in [-0.39, 0.29) is 0 Å². The molecule has 1 saturated heterocycles. The summed E-state index contributed by atoms with van der Waals surface area (Å²) in [5.41, 5.74) is 0.533. The van der Waals surface area contributed by atoms with Crippen molar-refractivity contribution in [1.82, 2.24) is 10.2 Å². The van der Waals surface area contributed by atoms with E-state index in [1.165, 1.54) is 25.8 Å². The Labute approximate surface area is 94.4 Å².